The molecule has 2 rings (SSSR count). The standard InChI is InChI=1S/C17H26N2O2/c1-3-11-19-12-9-15(10-13-19)18-17(20)14(2)21-16-7-5-4-6-8-16/h4-8,14-15H,3,9-13H2,1-2H3,(H,18,20)/t14-/m1/s1. The van der Waals surface area contributed by atoms with Gasteiger partial charge in [-0.15, -0.1) is 0 Å². The second kappa shape index (κ2) is 8.03. The lowest BCUT2D eigenvalue weighted by molar-refractivity contribution is -0.128. The number of ether oxygens (including phenoxy) is 1. The van der Waals surface area contributed by atoms with Crippen molar-refractivity contribution in [3.63, 3.8) is 0 Å². The Kier molecular flexibility index (Phi) is 6.05. The Morgan fingerprint density at radius 3 is 2.62 bits per heavy atom. The third kappa shape index (κ3) is 5.05. The van der Waals surface area contributed by atoms with E-state index in [2.05, 4.69) is 17.1 Å². The minimum atomic E-state index is -0.457. The summed E-state index contributed by atoms with van der Waals surface area (Å²) >= 11 is 0. The van der Waals surface area contributed by atoms with Gasteiger partial charge in [0.25, 0.3) is 5.91 Å². The molecule has 0 bridgehead atoms. The van der Waals surface area contributed by atoms with Crippen molar-refractivity contribution in [2.45, 2.75) is 45.3 Å². The Labute approximate surface area is 127 Å². The van der Waals surface area contributed by atoms with Crippen LogP contribution in [0.1, 0.15) is 33.1 Å². The summed E-state index contributed by atoms with van der Waals surface area (Å²) in [4.78, 5) is 14.6. The van der Waals surface area contributed by atoms with E-state index in [4.69, 9.17) is 4.74 Å². The molecule has 1 aliphatic rings. The monoisotopic (exact) mass is 290 g/mol. The summed E-state index contributed by atoms with van der Waals surface area (Å²) in [5, 5.41) is 3.11. The van der Waals surface area contributed by atoms with E-state index in [0.29, 0.717) is 0 Å². The highest BCUT2D eigenvalue weighted by Gasteiger charge is 2.23. The van der Waals surface area contributed by atoms with Gasteiger partial charge in [-0.1, -0.05) is 25.1 Å². The predicted octanol–water partition coefficient (Wildman–Crippen LogP) is 2.44. The molecule has 1 atom stereocenters. The van der Waals surface area contributed by atoms with Crippen molar-refractivity contribution in [1.29, 1.82) is 0 Å². The molecule has 1 aliphatic heterocycles. The van der Waals surface area contributed by atoms with Crippen LogP contribution in [0.4, 0.5) is 0 Å². The van der Waals surface area contributed by atoms with Crippen LogP contribution in [0.3, 0.4) is 0 Å². The number of nitrogens with zero attached hydrogens (tertiary/aromatic N) is 1. The molecule has 0 radical (unpaired) electrons. The molecule has 1 fully saturated rings. The van der Waals surface area contributed by atoms with Crippen molar-refractivity contribution in [1.82, 2.24) is 10.2 Å². The fraction of sp³-hybridized carbons (Fsp3) is 0.588. The number of piperidine rings is 1. The van der Waals surface area contributed by atoms with Crippen LogP contribution < -0.4 is 10.1 Å². The summed E-state index contributed by atoms with van der Waals surface area (Å²) in [6.45, 7) is 7.32. The lowest BCUT2D eigenvalue weighted by Gasteiger charge is -2.32. The van der Waals surface area contributed by atoms with Gasteiger partial charge >= 0.3 is 0 Å². The summed E-state index contributed by atoms with van der Waals surface area (Å²) in [7, 11) is 0. The van der Waals surface area contributed by atoms with Crippen LogP contribution in [0.15, 0.2) is 30.3 Å². The van der Waals surface area contributed by atoms with E-state index in [-0.39, 0.29) is 11.9 Å². The molecule has 0 spiro atoms. The Morgan fingerprint density at radius 1 is 1.33 bits per heavy atom. The molecule has 1 amide bonds. The predicted molar refractivity (Wildman–Crippen MR) is 84.4 cm³/mol. The minimum absolute atomic E-state index is 0.0206. The smallest absolute Gasteiger partial charge is 0.260 e. The molecule has 4 nitrogen and oxygen atoms in total. The molecule has 1 aromatic carbocycles. The molecule has 0 aromatic heterocycles. The normalized spacial score (nSPS) is 18.2. The Balaban J connectivity index is 1.74. The summed E-state index contributed by atoms with van der Waals surface area (Å²) in [5.74, 6) is 0.714. The van der Waals surface area contributed by atoms with Crippen LogP contribution >= 0.6 is 0 Å². The van der Waals surface area contributed by atoms with E-state index in [9.17, 15) is 4.79 Å². The van der Waals surface area contributed by atoms with Crippen LogP contribution in [0, 0.1) is 0 Å². The number of para-hydroxylation sites is 1. The third-order valence-electron chi connectivity index (χ3n) is 3.90. The first-order valence-electron chi connectivity index (χ1n) is 7.93. The number of benzene rings is 1. The van der Waals surface area contributed by atoms with Gasteiger partial charge in [-0.25, -0.2) is 0 Å². The molecule has 0 aliphatic carbocycles. The maximum Gasteiger partial charge on any atom is 0.260 e. The largest absolute Gasteiger partial charge is 0.481 e. The average Bonchev–Trinajstić information content (AvgIpc) is 2.50. The minimum Gasteiger partial charge on any atom is -0.481 e. The first kappa shape index (κ1) is 15.8. The first-order valence-corrected chi connectivity index (χ1v) is 7.93. The highest BCUT2D eigenvalue weighted by Crippen LogP contribution is 2.13. The summed E-state index contributed by atoms with van der Waals surface area (Å²) in [6.07, 6.45) is 2.80. The molecule has 21 heavy (non-hydrogen) atoms. The zero-order valence-corrected chi connectivity index (χ0v) is 13.0. The van der Waals surface area contributed by atoms with Gasteiger partial charge < -0.3 is 15.0 Å². The van der Waals surface area contributed by atoms with Crippen molar-refractivity contribution >= 4 is 5.91 Å². The van der Waals surface area contributed by atoms with Crippen LogP contribution in [0.5, 0.6) is 5.75 Å². The SMILES string of the molecule is CCCN1CCC(NC(=O)[C@@H](C)Oc2ccccc2)CC1. The van der Waals surface area contributed by atoms with Crippen molar-refractivity contribution in [2.75, 3.05) is 19.6 Å². The third-order valence-corrected chi connectivity index (χ3v) is 3.90. The highest BCUT2D eigenvalue weighted by atomic mass is 16.5. The van der Waals surface area contributed by atoms with E-state index in [0.717, 1.165) is 38.2 Å². The fourth-order valence-corrected chi connectivity index (χ4v) is 2.69. The number of rotatable bonds is 6. The molecule has 0 unspecified atom stereocenters. The van der Waals surface area contributed by atoms with Gasteiger partial charge in [0.05, 0.1) is 0 Å². The van der Waals surface area contributed by atoms with Gasteiger partial charge in [-0.2, -0.15) is 0 Å². The van der Waals surface area contributed by atoms with E-state index in [1.54, 1.807) is 6.92 Å². The van der Waals surface area contributed by atoms with E-state index in [1.165, 1.54) is 6.42 Å². The second-order valence-electron chi connectivity index (χ2n) is 5.70. The number of hydrogen-bond acceptors (Lipinski definition) is 3. The van der Waals surface area contributed by atoms with Gasteiger partial charge in [0.1, 0.15) is 5.75 Å². The first-order chi connectivity index (χ1) is 10.2. The van der Waals surface area contributed by atoms with E-state index >= 15 is 0 Å². The summed E-state index contributed by atoms with van der Waals surface area (Å²) < 4.78 is 5.65. The van der Waals surface area contributed by atoms with Crippen LogP contribution in [0.2, 0.25) is 0 Å². The molecular weight excluding hydrogens is 264 g/mol. The molecule has 116 valence electrons. The second-order valence-corrected chi connectivity index (χ2v) is 5.70. The molecule has 1 saturated heterocycles. The quantitative estimate of drug-likeness (QED) is 0.875. The maximum atomic E-state index is 12.2. The number of nitrogens with one attached hydrogen (secondary N) is 1. The lowest BCUT2D eigenvalue weighted by atomic mass is 10.0. The van der Waals surface area contributed by atoms with Crippen molar-refractivity contribution < 1.29 is 9.53 Å². The van der Waals surface area contributed by atoms with Gasteiger partial charge in [0.15, 0.2) is 6.10 Å². The molecule has 1 N–H and O–H groups in total. The van der Waals surface area contributed by atoms with Crippen molar-refractivity contribution in [2.24, 2.45) is 0 Å². The van der Waals surface area contributed by atoms with Crippen LogP contribution in [-0.4, -0.2) is 42.6 Å². The number of hydrogen-bond donors (Lipinski definition) is 1. The zero-order valence-electron chi connectivity index (χ0n) is 13.0. The van der Waals surface area contributed by atoms with Gasteiger partial charge in [-0.05, 0) is 44.9 Å². The lowest BCUT2D eigenvalue weighted by Crippen LogP contribution is -2.48. The molecule has 4 heteroatoms. The summed E-state index contributed by atoms with van der Waals surface area (Å²) in [5.41, 5.74) is 0. The topological polar surface area (TPSA) is 41.6 Å². The van der Waals surface area contributed by atoms with Crippen LogP contribution in [0.25, 0.3) is 0 Å². The Morgan fingerprint density at radius 2 is 2.00 bits per heavy atom. The van der Waals surface area contributed by atoms with Crippen molar-refractivity contribution in [3.05, 3.63) is 30.3 Å². The van der Waals surface area contributed by atoms with Gasteiger partial charge in [-0.3, -0.25) is 4.79 Å². The molecule has 1 aromatic rings. The fourth-order valence-electron chi connectivity index (χ4n) is 2.69. The molecule has 1 heterocycles. The number of carbonyl (C=O) groups excluding carboxylic acids is 1. The van der Waals surface area contributed by atoms with Gasteiger partial charge in [0.2, 0.25) is 0 Å². The van der Waals surface area contributed by atoms with E-state index in [1.807, 2.05) is 30.3 Å². The van der Waals surface area contributed by atoms with E-state index < -0.39 is 6.10 Å². The molecule has 0 saturated carbocycles. The Hall–Kier alpha value is -1.55. The molecular formula is C17H26N2O2. The Bertz CT molecular complexity index is 428. The van der Waals surface area contributed by atoms with Gasteiger partial charge in [0, 0.05) is 19.1 Å². The maximum absolute atomic E-state index is 12.2. The number of carbonyl (C=O) groups is 1. The van der Waals surface area contributed by atoms with Crippen molar-refractivity contribution in [3.8, 4) is 5.75 Å². The average molecular weight is 290 g/mol. The highest BCUT2D eigenvalue weighted by molar-refractivity contribution is 5.81. The number of likely N-dealkylation sites (tertiary alicyclic amines) is 1. The summed E-state index contributed by atoms with van der Waals surface area (Å²) in [6, 6.07) is 9.77. The van der Waals surface area contributed by atoms with Crippen LogP contribution in [-0.2, 0) is 4.79 Å². The zero-order chi connectivity index (χ0) is 15.1. The number of amides is 1.